The van der Waals surface area contributed by atoms with Crippen molar-refractivity contribution in [2.45, 2.75) is 38.3 Å². The van der Waals surface area contributed by atoms with Gasteiger partial charge in [-0.2, -0.15) is 0 Å². The Labute approximate surface area is 125 Å². The van der Waals surface area contributed by atoms with Crippen molar-refractivity contribution in [1.82, 2.24) is 5.32 Å². The van der Waals surface area contributed by atoms with Gasteiger partial charge in [-0.05, 0) is 30.5 Å². The highest BCUT2D eigenvalue weighted by Gasteiger charge is 2.33. The quantitative estimate of drug-likeness (QED) is 0.871. The number of hydrogen-bond donors (Lipinski definition) is 2. The first-order valence-electron chi connectivity index (χ1n) is 7.59. The topological polar surface area (TPSA) is 59.6 Å². The fraction of sp³-hybridized carbons (Fsp3) is 0.562. The van der Waals surface area contributed by atoms with Crippen LogP contribution < -0.4 is 15.4 Å². The molecule has 2 N–H and O–H groups in total. The minimum absolute atomic E-state index is 0.0947. The Kier molecular flexibility index (Phi) is 4.12. The molecule has 5 nitrogen and oxygen atoms in total. The highest BCUT2D eigenvalue weighted by molar-refractivity contribution is 5.95. The average Bonchev–Trinajstić information content (AvgIpc) is 2.94. The van der Waals surface area contributed by atoms with E-state index in [-0.39, 0.29) is 18.1 Å². The molecule has 0 spiro atoms. The van der Waals surface area contributed by atoms with Gasteiger partial charge in [0.1, 0.15) is 5.75 Å². The fourth-order valence-corrected chi connectivity index (χ4v) is 3.03. The zero-order valence-electron chi connectivity index (χ0n) is 12.4. The maximum atomic E-state index is 11.3. The first kappa shape index (κ1) is 14.4. The van der Waals surface area contributed by atoms with Gasteiger partial charge in [0, 0.05) is 18.7 Å². The summed E-state index contributed by atoms with van der Waals surface area (Å²) in [7, 11) is 0. The van der Waals surface area contributed by atoms with Crippen molar-refractivity contribution in [2.24, 2.45) is 0 Å². The van der Waals surface area contributed by atoms with Crippen molar-refractivity contribution in [3.8, 4) is 5.75 Å². The smallest absolute Gasteiger partial charge is 0.262 e. The molecule has 21 heavy (non-hydrogen) atoms. The van der Waals surface area contributed by atoms with E-state index in [1.54, 1.807) is 0 Å². The lowest BCUT2D eigenvalue weighted by atomic mass is 9.92. The zero-order chi connectivity index (χ0) is 14.7. The van der Waals surface area contributed by atoms with Gasteiger partial charge in [-0.3, -0.25) is 4.79 Å². The van der Waals surface area contributed by atoms with Crippen LogP contribution >= 0.6 is 0 Å². The van der Waals surface area contributed by atoms with Gasteiger partial charge in [-0.25, -0.2) is 0 Å². The maximum absolute atomic E-state index is 11.3. The third-order valence-corrected chi connectivity index (χ3v) is 4.18. The van der Waals surface area contributed by atoms with Crippen LogP contribution in [0.4, 0.5) is 5.69 Å². The van der Waals surface area contributed by atoms with Crippen LogP contribution in [0.25, 0.3) is 0 Å². The number of rotatable bonds is 5. The van der Waals surface area contributed by atoms with Crippen molar-refractivity contribution in [3.05, 3.63) is 23.8 Å². The summed E-state index contributed by atoms with van der Waals surface area (Å²) in [6.45, 7) is 4.72. The summed E-state index contributed by atoms with van der Waals surface area (Å²) in [6.07, 6.45) is 3.35. The molecule has 0 aliphatic carbocycles. The average molecular weight is 290 g/mol. The van der Waals surface area contributed by atoms with E-state index in [9.17, 15) is 4.79 Å². The Balaban J connectivity index is 1.66. The van der Waals surface area contributed by atoms with Crippen LogP contribution in [0.2, 0.25) is 0 Å². The Morgan fingerprint density at radius 2 is 2.33 bits per heavy atom. The number of fused-ring (bicyclic) bond motifs is 1. The second-order valence-electron chi connectivity index (χ2n) is 5.85. The molecule has 1 saturated heterocycles. The Hall–Kier alpha value is -1.59. The van der Waals surface area contributed by atoms with Gasteiger partial charge in [0.15, 0.2) is 6.61 Å². The Morgan fingerprint density at radius 1 is 1.43 bits per heavy atom. The fourth-order valence-electron chi connectivity index (χ4n) is 3.03. The van der Waals surface area contributed by atoms with Gasteiger partial charge in [0.2, 0.25) is 0 Å². The van der Waals surface area contributed by atoms with Crippen molar-refractivity contribution >= 4 is 11.6 Å². The molecule has 1 aromatic carbocycles. The van der Waals surface area contributed by atoms with Crippen molar-refractivity contribution in [3.63, 3.8) is 0 Å². The summed E-state index contributed by atoms with van der Waals surface area (Å²) < 4.78 is 11.0. The summed E-state index contributed by atoms with van der Waals surface area (Å²) in [5.41, 5.74) is 2.02. The highest BCUT2D eigenvalue weighted by atomic mass is 16.5. The summed E-state index contributed by atoms with van der Waals surface area (Å²) in [6, 6.07) is 5.93. The van der Waals surface area contributed by atoms with E-state index in [1.807, 2.05) is 18.2 Å². The molecule has 1 fully saturated rings. The first-order valence-corrected chi connectivity index (χ1v) is 7.59. The number of benzene rings is 1. The Morgan fingerprint density at radius 3 is 3.10 bits per heavy atom. The van der Waals surface area contributed by atoms with Crippen LogP contribution in [0.1, 0.15) is 31.7 Å². The van der Waals surface area contributed by atoms with Crippen molar-refractivity contribution in [1.29, 1.82) is 0 Å². The molecule has 2 aliphatic heterocycles. The molecule has 0 bridgehead atoms. The standard InChI is InChI=1S/C16H22N2O3/c1-2-5-16(6-7-20-11-16)17-9-12-3-4-13-14(8-12)21-10-15(19)18-13/h3-4,8,17H,2,5-7,9-11H2,1H3,(H,18,19). The molecule has 114 valence electrons. The molecule has 0 saturated carbocycles. The maximum Gasteiger partial charge on any atom is 0.262 e. The molecule has 3 rings (SSSR count). The predicted molar refractivity (Wildman–Crippen MR) is 80.5 cm³/mol. The number of anilines is 1. The van der Waals surface area contributed by atoms with Crippen LogP contribution in [0.5, 0.6) is 5.75 Å². The lowest BCUT2D eigenvalue weighted by Gasteiger charge is -2.29. The monoisotopic (exact) mass is 290 g/mol. The molecule has 1 unspecified atom stereocenters. The summed E-state index contributed by atoms with van der Waals surface area (Å²) >= 11 is 0. The molecule has 5 heteroatoms. The van der Waals surface area contributed by atoms with Crippen molar-refractivity contribution < 1.29 is 14.3 Å². The number of carbonyl (C=O) groups is 1. The summed E-state index contributed by atoms with van der Waals surface area (Å²) in [5.74, 6) is 0.652. The molecular weight excluding hydrogens is 268 g/mol. The molecule has 0 aromatic heterocycles. The largest absolute Gasteiger partial charge is 0.482 e. The van der Waals surface area contributed by atoms with Gasteiger partial charge in [-0.15, -0.1) is 0 Å². The predicted octanol–water partition coefficient (Wildman–Crippen LogP) is 2.07. The molecule has 2 heterocycles. The Bertz CT molecular complexity index is 524. The summed E-state index contributed by atoms with van der Waals surface area (Å²) in [5, 5.41) is 6.47. The van der Waals surface area contributed by atoms with E-state index in [4.69, 9.17) is 9.47 Å². The number of amides is 1. The van der Waals surface area contributed by atoms with Crippen LogP contribution in [-0.4, -0.2) is 31.3 Å². The van der Waals surface area contributed by atoms with Gasteiger partial charge in [-0.1, -0.05) is 19.4 Å². The van der Waals surface area contributed by atoms with E-state index >= 15 is 0 Å². The number of ether oxygens (including phenoxy) is 2. The van der Waals surface area contributed by atoms with Gasteiger partial charge >= 0.3 is 0 Å². The minimum Gasteiger partial charge on any atom is -0.482 e. The molecule has 2 aliphatic rings. The lowest BCUT2D eigenvalue weighted by molar-refractivity contribution is -0.118. The van der Waals surface area contributed by atoms with E-state index in [2.05, 4.69) is 17.6 Å². The third-order valence-electron chi connectivity index (χ3n) is 4.18. The number of nitrogens with one attached hydrogen (secondary N) is 2. The van der Waals surface area contributed by atoms with E-state index < -0.39 is 0 Å². The van der Waals surface area contributed by atoms with Gasteiger partial charge in [0.25, 0.3) is 5.91 Å². The second kappa shape index (κ2) is 6.03. The van der Waals surface area contributed by atoms with Crippen LogP contribution in [0.3, 0.4) is 0 Å². The number of hydrogen-bond acceptors (Lipinski definition) is 4. The van der Waals surface area contributed by atoms with Crippen molar-refractivity contribution in [2.75, 3.05) is 25.1 Å². The van der Waals surface area contributed by atoms with E-state index in [0.29, 0.717) is 0 Å². The molecule has 1 amide bonds. The van der Waals surface area contributed by atoms with Crippen LogP contribution in [0, 0.1) is 0 Å². The normalized spacial score (nSPS) is 24.3. The number of carbonyl (C=O) groups excluding carboxylic acids is 1. The first-order chi connectivity index (χ1) is 10.2. The molecular formula is C16H22N2O3. The van der Waals surface area contributed by atoms with Gasteiger partial charge in [0.05, 0.1) is 12.3 Å². The minimum atomic E-state index is -0.0987. The SMILES string of the molecule is CCCC1(NCc2ccc3c(c2)OCC(=O)N3)CCOC1. The lowest BCUT2D eigenvalue weighted by Crippen LogP contribution is -2.45. The van der Waals surface area contributed by atoms with E-state index in [1.165, 1.54) is 0 Å². The van der Waals surface area contributed by atoms with Gasteiger partial charge < -0.3 is 20.1 Å². The zero-order valence-corrected chi connectivity index (χ0v) is 12.4. The molecule has 1 aromatic rings. The van der Waals surface area contributed by atoms with E-state index in [0.717, 1.165) is 56.0 Å². The highest BCUT2D eigenvalue weighted by Crippen LogP contribution is 2.29. The molecule has 1 atom stereocenters. The second-order valence-corrected chi connectivity index (χ2v) is 5.85. The van der Waals surface area contributed by atoms with Crippen LogP contribution in [0.15, 0.2) is 18.2 Å². The molecule has 0 radical (unpaired) electrons. The van der Waals surface area contributed by atoms with Crippen LogP contribution in [-0.2, 0) is 16.1 Å². The third kappa shape index (κ3) is 3.19. The summed E-state index contributed by atoms with van der Waals surface area (Å²) in [4.78, 5) is 11.3.